The lowest BCUT2D eigenvalue weighted by Crippen LogP contribution is -2.20. The highest BCUT2D eigenvalue weighted by atomic mass is 35.5. The molecule has 146 valence electrons. The molecule has 1 fully saturated rings. The number of ketones is 1. The van der Waals surface area contributed by atoms with Crippen LogP contribution in [0, 0.1) is 0 Å². The van der Waals surface area contributed by atoms with Gasteiger partial charge in [0.05, 0.1) is 30.1 Å². The van der Waals surface area contributed by atoms with Crippen LogP contribution in [0.2, 0.25) is 5.02 Å². The number of allylic oxidation sites excluding steroid dienone is 2. The van der Waals surface area contributed by atoms with Gasteiger partial charge in [-0.1, -0.05) is 11.6 Å². The minimum absolute atomic E-state index is 0.0145. The average Bonchev–Trinajstić information content (AvgIpc) is 3.32. The first-order valence-electron chi connectivity index (χ1n) is 8.67. The van der Waals surface area contributed by atoms with E-state index in [1.54, 1.807) is 6.92 Å². The van der Waals surface area contributed by atoms with Gasteiger partial charge in [0, 0.05) is 37.0 Å². The van der Waals surface area contributed by atoms with Gasteiger partial charge in [0.25, 0.3) is 0 Å². The van der Waals surface area contributed by atoms with E-state index in [4.69, 9.17) is 25.8 Å². The first-order valence-corrected chi connectivity index (χ1v) is 9.05. The first-order chi connectivity index (χ1) is 12.8. The number of aromatic hydroxyl groups is 2. The van der Waals surface area contributed by atoms with Crippen molar-refractivity contribution in [1.29, 1.82) is 0 Å². The molecule has 3 rings (SSSR count). The van der Waals surface area contributed by atoms with Crippen molar-refractivity contribution in [1.82, 2.24) is 0 Å². The molecule has 3 atom stereocenters. The molecule has 0 saturated carbocycles. The number of hydrogen-bond acceptors (Lipinski definition) is 7. The summed E-state index contributed by atoms with van der Waals surface area (Å²) in [5.41, 5.74) is -0.212. The number of methoxy groups -OCH3 is 1. The number of benzene rings is 1. The number of halogens is 1. The zero-order valence-electron chi connectivity index (χ0n) is 15.0. The van der Waals surface area contributed by atoms with Crippen LogP contribution in [0.15, 0.2) is 17.9 Å². The van der Waals surface area contributed by atoms with Gasteiger partial charge in [-0.15, -0.1) is 0 Å². The Labute approximate surface area is 161 Å². The molecule has 2 heterocycles. The van der Waals surface area contributed by atoms with Crippen molar-refractivity contribution < 1.29 is 34.0 Å². The number of rotatable bonds is 1. The molecule has 0 spiro atoms. The van der Waals surface area contributed by atoms with Crippen LogP contribution in [-0.2, 0) is 25.4 Å². The van der Waals surface area contributed by atoms with E-state index >= 15 is 0 Å². The summed E-state index contributed by atoms with van der Waals surface area (Å²) >= 11 is 6.11. The molecule has 2 aliphatic rings. The fourth-order valence-electron chi connectivity index (χ4n) is 3.26. The Bertz CT molecular complexity index is 802. The quantitative estimate of drug-likeness (QED) is 0.555. The van der Waals surface area contributed by atoms with Crippen LogP contribution >= 0.6 is 11.6 Å². The van der Waals surface area contributed by atoms with Gasteiger partial charge >= 0.3 is 5.97 Å². The molecule has 1 saturated heterocycles. The van der Waals surface area contributed by atoms with Crippen molar-refractivity contribution >= 4 is 23.4 Å². The Morgan fingerprint density at radius 1 is 1.22 bits per heavy atom. The van der Waals surface area contributed by atoms with Crippen molar-refractivity contribution in [2.45, 2.75) is 50.9 Å². The van der Waals surface area contributed by atoms with E-state index in [1.165, 1.54) is 13.2 Å². The van der Waals surface area contributed by atoms with E-state index in [9.17, 15) is 19.8 Å². The molecule has 0 bridgehead atoms. The standard InChI is InChI=1S/C19H21ClO7/c1-9-5-16-15(27-16)4-3-11(25-2)6-10(21)7-12-17(19(24)26-9)13(22)8-14(23)18(12)20/h6,8-9,15-16,22-23H,3-5,7H2,1-2H3/b11-6-/t9-,15?,16?/m1/s1. The van der Waals surface area contributed by atoms with Crippen LogP contribution in [0.25, 0.3) is 0 Å². The Morgan fingerprint density at radius 3 is 2.67 bits per heavy atom. The average molecular weight is 397 g/mol. The van der Waals surface area contributed by atoms with Crippen molar-refractivity contribution in [3.05, 3.63) is 34.1 Å². The molecule has 0 radical (unpaired) electrons. The summed E-state index contributed by atoms with van der Waals surface area (Å²) in [6.45, 7) is 1.73. The minimum Gasteiger partial charge on any atom is -0.507 e. The lowest BCUT2D eigenvalue weighted by molar-refractivity contribution is -0.114. The summed E-state index contributed by atoms with van der Waals surface area (Å²) in [4.78, 5) is 25.1. The lowest BCUT2D eigenvalue weighted by atomic mass is 9.99. The molecule has 0 aromatic heterocycles. The second-order valence-electron chi connectivity index (χ2n) is 6.74. The maximum Gasteiger partial charge on any atom is 0.342 e. The van der Waals surface area contributed by atoms with Gasteiger partial charge in [-0.2, -0.15) is 0 Å². The maximum atomic E-state index is 12.6. The summed E-state index contributed by atoms with van der Waals surface area (Å²) in [6.07, 6.45) is 2.33. The smallest absolute Gasteiger partial charge is 0.342 e. The van der Waals surface area contributed by atoms with Crippen molar-refractivity contribution in [3.63, 3.8) is 0 Å². The number of hydrogen-bond donors (Lipinski definition) is 2. The van der Waals surface area contributed by atoms with E-state index in [0.29, 0.717) is 25.0 Å². The van der Waals surface area contributed by atoms with E-state index in [0.717, 1.165) is 6.07 Å². The zero-order valence-corrected chi connectivity index (χ0v) is 15.8. The molecule has 0 aliphatic carbocycles. The van der Waals surface area contributed by atoms with Gasteiger partial charge in [-0.05, 0) is 13.3 Å². The SMILES string of the molecule is CO/C1=C\C(=O)Cc2c(Cl)c(O)cc(O)c2C(=O)O[C@H](C)CC2OC2CC1. The van der Waals surface area contributed by atoms with E-state index in [-0.39, 0.29) is 40.6 Å². The second kappa shape index (κ2) is 7.78. The number of ether oxygens (including phenoxy) is 3. The highest BCUT2D eigenvalue weighted by Crippen LogP contribution is 2.38. The largest absolute Gasteiger partial charge is 0.507 e. The number of esters is 1. The zero-order chi connectivity index (χ0) is 19.7. The molecule has 27 heavy (non-hydrogen) atoms. The topological polar surface area (TPSA) is 106 Å². The van der Waals surface area contributed by atoms with E-state index in [1.807, 2.05) is 0 Å². The molecule has 2 unspecified atom stereocenters. The molecule has 2 aliphatic heterocycles. The summed E-state index contributed by atoms with van der Waals surface area (Å²) in [5, 5.41) is 19.9. The van der Waals surface area contributed by atoms with Gasteiger partial charge in [0.15, 0.2) is 5.78 Å². The van der Waals surface area contributed by atoms with Crippen LogP contribution in [0.4, 0.5) is 0 Å². The Hall–Kier alpha value is -2.25. The Balaban J connectivity index is 2.01. The number of carbonyl (C=O) groups is 2. The van der Waals surface area contributed by atoms with Crippen molar-refractivity contribution in [3.8, 4) is 11.5 Å². The normalized spacial score (nSPS) is 28.1. The highest BCUT2D eigenvalue weighted by molar-refractivity contribution is 6.33. The number of cyclic esters (lactones) is 1. The number of fused-ring (bicyclic) bond motifs is 2. The first kappa shape index (κ1) is 19.5. The molecular weight excluding hydrogens is 376 g/mol. The predicted molar refractivity (Wildman–Crippen MR) is 96.0 cm³/mol. The second-order valence-corrected chi connectivity index (χ2v) is 7.12. The van der Waals surface area contributed by atoms with Crippen LogP contribution in [0.3, 0.4) is 0 Å². The summed E-state index contributed by atoms with van der Waals surface area (Å²) in [5.74, 6) is -1.63. The molecule has 1 aromatic rings. The number of epoxide rings is 1. The fraction of sp³-hybridized carbons (Fsp3) is 0.474. The predicted octanol–water partition coefficient (Wildman–Crippen LogP) is 2.89. The van der Waals surface area contributed by atoms with Gasteiger partial charge in [0.2, 0.25) is 0 Å². The van der Waals surface area contributed by atoms with Crippen LogP contribution in [0.1, 0.15) is 42.1 Å². The van der Waals surface area contributed by atoms with Crippen LogP contribution in [0.5, 0.6) is 11.5 Å². The monoisotopic (exact) mass is 396 g/mol. The summed E-state index contributed by atoms with van der Waals surface area (Å²) in [6, 6.07) is 0.956. The van der Waals surface area contributed by atoms with Gasteiger partial charge < -0.3 is 24.4 Å². The Morgan fingerprint density at radius 2 is 1.96 bits per heavy atom. The lowest BCUT2D eigenvalue weighted by Gasteiger charge is -2.17. The number of carbonyl (C=O) groups excluding carboxylic acids is 2. The third-order valence-corrected chi connectivity index (χ3v) is 5.12. The Kier molecular flexibility index (Phi) is 5.62. The molecule has 2 N–H and O–H groups in total. The highest BCUT2D eigenvalue weighted by Gasteiger charge is 2.40. The molecule has 1 aromatic carbocycles. The third-order valence-electron chi connectivity index (χ3n) is 4.70. The van der Waals surface area contributed by atoms with E-state index in [2.05, 4.69) is 0 Å². The van der Waals surface area contributed by atoms with Crippen molar-refractivity contribution in [2.75, 3.05) is 7.11 Å². The van der Waals surface area contributed by atoms with Crippen LogP contribution < -0.4 is 0 Å². The number of phenolic OH excluding ortho intramolecular Hbond substituents is 2. The molecular formula is C19H21ClO7. The maximum absolute atomic E-state index is 12.6. The van der Waals surface area contributed by atoms with Gasteiger partial charge in [-0.25, -0.2) is 4.79 Å². The number of phenols is 2. The van der Waals surface area contributed by atoms with Gasteiger partial charge in [0.1, 0.15) is 23.2 Å². The van der Waals surface area contributed by atoms with Gasteiger partial charge in [-0.3, -0.25) is 4.79 Å². The fourth-order valence-corrected chi connectivity index (χ4v) is 3.47. The van der Waals surface area contributed by atoms with E-state index < -0.39 is 23.6 Å². The van der Waals surface area contributed by atoms with Crippen LogP contribution in [-0.4, -0.2) is 47.4 Å². The summed E-state index contributed by atoms with van der Waals surface area (Å²) in [7, 11) is 1.48. The van der Waals surface area contributed by atoms with Crippen molar-refractivity contribution in [2.24, 2.45) is 0 Å². The summed E-state index contributed by atoms with van der Waals surface area (Å²) < 4.78 is 16.2. The molecule has 0 amide bonds. The third kappa shape index (κ3) is 4.36. The molecule has 8 heteroatoms. The minimum atomic E-state index is -0.810. The molecule has 7 nitrogen and oxygen atoms in total.